The zero-order valence-corrected chi connectivity index (χ0v) is 22.1. The molecule has 0 unspecified atom stereocenters. The van der Waals surface area contributed by atoms with E-state index in [9.17, 15) is 20.1 Å². The van der Waals surface area contributed by atoms with Crippen molar-refractivity contribution < 1.29 is 24.9 Å². The molecule has 34 heavy (non-hydrogen) atoms. The lowest BCUT2D eigenvalue weighted by molar-refractivity contribution is -0.255. The van der Waals surface area contributed by atoms with E-state index in [4.69, 9.17) is 4.74 Å². The van der Waals surface area contributed by atoms with Gasteiger partial charge in [0.1, 0.15) is 5.75 Å². The van der Waals surface area contributed by atoms with Gasteiger partial charge in [-0.05, 0) is 42.9 Å². The van der Waals surface area contributed by atoms with Crippen molar-refractivity contribution in [2.75, 3.05) is 20.3 Å². The minimum atomic E-state index is -1.27. The van der Waals surface area contributed by atoms with Crippen LogP contribution in [0.3, 0.4) is 0 Å². The Hall–Kier alpha value is -1.63. The number of hydrogen-bond donors (Lipinski definition) is 3. The van der Waals surface area contributed by atoms with Crippen LogP contribution in [0, 0.1) is 0 Å². The van der Waals surface area contributed by atoms with Crippen molar-refractivity contribution in [3.05, 3.63) is 28.3 Å². The van der Waals surface area contributed by atoms with Gasteiger partial charge >= 0.3 is 0 Å². The van der Waals surface area contributed by atoms with Crippen molar-refractivity contribution in [3.8, 4) is 5.75 Å². The van der Waals surface area contributed by atoms with Crippen molar-refractivity contribution in [2.24, 2.45) is 0 Å². The SMILES string of the molecule is CCCCCCCCCCCCCCCCc1cc(C(=O)[O-])c(OC)c(CCO)c1CCO.[NH4+]. The Morgan fingerprint density at radius 2 is 1.21 bits per heavy atom. The largest absolute Gasteiger partial charge is 0.545 e. The molecule has 0 aliphatic heterocycles. The summed E-state index contributed by atoms with van der Waals surface area (Å²) in [7, 11) is 1.43. The number of rotatable bonds is 21. The van der Waals surface area contributed by atoms with Crippen LogP contribution in [0.1, 0.15) is 124 Å². The summed E-state index contributed by atoms with van der Waals surface area (Å²) in [6, 6.07) is 1.64. The number of unbranched alkanes of at least 4 members (excludes halogenated alkanes) is 13. The van der Waals surface area contributed by atoms with Gasteiger partial charge in [0.2, 0.25) is 0 Å². The van der Waals surface area contributed by atoms with E-state index in [1.165, 1.54) is 84.2 Å². The van der Waals surface area contributed by atoms with E-state index >= 15 is 0 Å². The number of ether oxygens (including phenoxy) is 1. The van der Waals surface area contributed by atoms with Crippen LogP contribution in [0.5, 0.6) is 5.75 Å². The van der Waals surface area contributed by atoms with Gasteiger partial charge in [-0.3, -0.25) is 0 Å². The van der Waals surface area contributed by atoms with Crippen molar-refractivity contribution in [2.45, 2.75) is 116 Å². The summed E-state index contributed by atoms with van der Waals surface area (Å²) in [5, 5.41) is 30.7. The topological polar surface area (TPSA) is 126 Å². The molecule has 0 saturated carbocycles. The lowest BCUT2D eigenvalue weighted by Gasteiger charge is -2.21. The molecule has 198 valence electrons. The smallest absolute Gasteiger partial charge is 0.131 e. The van der Waals surface area contributed by atoms with Gasteiger partial charge < -0.3 is 31.0 Å². The molecular weight excluding hydrogens is 430 g/mol. The first kappa shape index (κ1) is 32.4. The lowest BCUT2D eigenvalue weighted by Crippen LogP contribution is -2.24. The second kappa shape index (κ2) is 20.7. The third-order valence-corrected chi connectivity index (χ3v) is 6.54. The van der Waals surface area contributed by atoms with Gasteiger partial charge in [-0.15, -0.1) is 0 Å². The highest BCUT2D eigenvalue weighted by molar-refractivity contribution is 5.90. The van der Waals surface area contributed by atoms with Gasteiger partial charge in [-0.2, -0.15) is 0 Å². The van der Waals surface area contributed by atoms with E-state index in [2.05, 4.69) is 6.92 Å². The molecule has 6 heteroatoms. The van der Waals surface area contributed by atoms with Crippen LogP contribution in [0.15, 0.2) is 6.07 Å². The summed E-state index contributed by atoms with van der Waals surface area (Å²) in [5.74, 6) is -1.03. The molecule has 0 spiro atoms. The quantitative estimate of drug-likeness (QED) is 0.199. The van der Waals surface area contributed by atoms with Crippen LogP contribution >= 0.6 is 0 Å². The number of aryl methyl sites for hydroxylation is 1. The van der Waals surface area contributed by atoms with Crippen LogP contribution in [-0.4, -0.2) is 36.5 Å². The lowest BCUT2D eigenvalue weighted by atomic mass is 9.89. The fraction of sp³-hybridized carbons (Fsp3) is 0.750. The van der Waals surface area contributed by atoms with Gasteiger partial charge in [0, 0.05) is 24.3 Å². The Balaban J connectivity index is 0.0000109. The van der Waals surface area contributed by atoms with Crippen molar-refractivity contribution in [1.29, 1.82) is 0 Å². The Morgan fingerprint density at radius 3 is 1.62 bits per heavy atom. The maximum absolute atomic E-state index is 11.7. The number of carbonyl (C=O) groups is 1. The maximum Gasteiger partial charge on any atom is 0.131 e. The minimum Gasteiger partial charge on any atom is -0.545 e. The zero-order valence-electron chi connectivity index (χ0n) is 22.1. The van der Waals surface area contributed by atoms with E-state index < -0.39 is 5.97 Å². The number of aliphatic hydroxyl groups is 2. The highest BCUT2D eigenvalue weighted by Gasteiger charge is 2.18. The summed E-state index contributed by atoms with van der Waals surface area (Å²) in [6.45, 7) is 2.12. The molecule has 0 atom stereocenters. The monoisotopic (exact) mass is 481 g/mol. The molecule has 0 amide bonds. The molecule has 1 aromatic carbocycles. The van der Waals surface area contributed by atoms with E-state index in [0.717, 1.165) is 30.4 Å². The normalized spacial score (nSPS) is 10.8. The molecule has 6 N–H and O–H groups in total. The number of aliphatic hydroxyl groups excluding tert-OH is 2. The molecule has 0 radical (unpaired) electrons. The van der Waals surface area contributed by atoms with Gasteiger partial charge in [0.25, 0.3) is 0 Å². The van der Waals surface area contributed by atoms with Crippen LogP contribution in [-0.2, 0) is 19.3 Å². The summed E-state index contributed by atoms with van der Waals surface area (Å²) < 4.78 is 5.35. The van der Waals surface area contributed by atoms with Crippen LogP contribution in [0.4, 0.5) is 0 Å². The molecule has 6 nitrogen and oxygen atoms in total. The second-order valence-electron chi connectivity index (χ2n) is 9.15. The number of hydrogen-bond acceptors (Lipinski definition) is 5. The fourth-order valence-corrected chi connectivity index (χ4v) is 4.74. The summed E-state index contributed by atoms with van der Waals surface area (Å²) in [5.41, 5.74) is 2.54. The van der Waals surface area contributed by atoms with Gasteiger partial charge in [-0.25, -0.2) is 0 Å². The minimum absolute atomic E-state index is 0. The number of aromatic carboxylic acids is 1. The first-order valence-electron chi connectivity index (χ1n) is 13.2. The number of methoxy groups -OCH3 is 1. The van der Waals surface area contributed by atoms with Crippen molar-refractivity contribution in [1.82, 2.24) is 6.15 Å². The highest BCUT2D eigenvalue weighted by Crippen LogP contribution is 2.32. The molecule has 0 aliphatic carbocycles. The molecule has 0 heterocycles. The van der Waals surface area contributed by atoms with Crippen LogP contribution < -0.4 is 16.0 Å². The predicted octanol–water partition coefficient (Wildman–Crippen LogP) is 5.53. The first-order chi connectivity index (χ1) is 16.1. The molecule has 0 bridgehead atoms. The summed E-state index contributed by atoms with van der Waals surface area (Å²) in [6.07, 6.45) is 19.6. The van der Waals surface area contributed by atoms with E-state index in [1.54, 1.807) is 6.07 Å². The van der Waals surface area contributed by atoms with Gasteiger partial charge in [0.05, 0.1) is 13.1 Å². The third kappa shape index (κ3) is 12.2. The molecule has 1 rings (SSSR count). The molecule has 0 aliphatic rings. The van der Waals surface area contributed by atoms with Gasteiger partial charge in [0.15, 0.2) is 0 Å². The maximum atomic E-state index is 11.7. The number of benzene rings is 1. The van der Waals surface area contributed by atoms with Crippen molar-refractivity contribution >= 4 is 5.97 Å². The Morgan fingerprint density at radius 1 is 0.765 bits per heavy atom. The summed E-state index contributed by atoms with van der Waals surface area (Å²) in [4.78, 5) is 11.7. The van der Waals surface area contributed by atoms with Crippen LogP contribution in [0.2, 0.25) is 0 Å². The number of carboxylic acids is 1. The van der Waals surface area contributed by atoms with Crippen LogP contribution in [0.25, 0.3) is 0 Å². The number of carbonyl (C=O) groups excluding carboxylic acids is 1. The van der Waals surface area contributed by atoms with E-state index in [-0.39, 0.29) is 30.7 Å². The molecule has 0 aromatic heterocycles. The van der Waals surface area contributed by atoms with Gasteiger partial charge in [-0.1, -0.05) is 90.4 Å². The fourth-order valence-electron chi connectivity index (χ4n) is 4.74. The molecule has 0 saturated heterocycles. The molecular formula is C28H51NO5. The van der Waals surface area contributed by atoms with E-state index in [1.807, 2.05) is 0 Å². The van der Waals surface area contributed by atoms with Crippen molar-refractivity contribution in [3.63, 3.8) is 0 Å². The van der Waals surface area contributed by atoms with E-state index in [0.29, 0.717) is 18.4 Å². The standard InChI is InChI=1S/C28H48O5.H3N/c1-3-4-5-6-7-8-9-10-11-12-13-14-15-16-17-23-22-26(28(31)32)27(33-2)25(19-21-30)24(23)18-20-29;/h22,29-30H,3-21H2,1-2H3,(H,31,32);1H3. The zero-order chi connectivity index (χ0) is 24.3. The molecule has 1 aromatic rings. The average Bonchev–Trinajstić information content (AvgIpc) is 2.80. The first-order valence-corrected chi connectivity index (χ1v) is 13.2. The average molecular weight is 482 g/mol. The second-order valence-corrected chi connectivity index (χ2v) is 9.15. The summed E-state index contributed by atoms with van der Waals surface area (Å²) >= 11 is 0. The Kier molecular flexibility index (Phi) is 19.7. The Bertz CT molecular complexity index is 663. The predicted molar refractivity (Wildman–Crippen MR) is 139 cm³/mol. The third-order valence-electron chi connectivity index (χ3n) is 6.54. The number of quaternary nitrogens is 1. The Labute approximate surface area is 207 Å². The molecule has 0 fully saturated rings. The number of carboxylic acid groups (broad SMARTS) is 1. The highest BCUT2D eigenvalue weighted by atomic mass is 16.5.